The Morgan fingerprint density at radius 1 is 1.09 bits per heavy atom. The second-order valence-corrected chi connectivity index (χ2v) is 8.15. The van der Waals surface area contributed by atoms with E-state index in [-0.39, 0.29) is 18.6 Å². The third kappa shape index (κ3) is 9.54. The summed E-state index contributed by atoms with van der Waals surface area (Å²) in [4.78, 5) is 48.0. The molecule has 1 aromatic carbocycles. The number of hydrogen-bond donors (Lipinski definition) is 7. The highest BCUT2D eigenvalue weighted by Crippen LogP contribution is 2.11. The van der Waals surface area contributed by atoms with Gasteiger partial charge < -0.3 is 37.0 Å². The average Bonchev–Trinajstić information content (AvgIpc) is 2.74. The predicted octanol–water partition coefficient (Wildman–Crippen LogP) is -1.43. The van der Waals surface area contributed by atoms with Crippen LogP contribution in [0.4, 0.5) is 0 Å². The van der Waals surface area contributed by atoms with Crippen LogP contribution >= 0.6 is 11.8 Å². The van der Waals surface area contributed by atoms with Crippen molar-refractivity contribution in [3.05, 3.63) is 29.8 Å². The van der Waals surface area contributed by atoms with Crippen molar-refractivity contribution in [3.63, 3.8) is 0 Å². The van der Waals surface area contributed by atoms with E-state index in [1.54, 1.807) is 12.1 Å². The minimum Gasteiger partial charge on any atom is -0.508 e. The van der Waals surface area contributed by atoms with E-state index in [1.165, 1.54) is 30.8 Å². The van der Waals surface area contributed by atoms with Gasteiger partial charge in [0.1, 0.15) is 11.8 Å². The van der Waals surface area contributed by atoms with E-state index in [2.05, 4.69) is 16.0 Å². The summed E-state index contributed by atoms with van der Waals surface area (Å²) in [5.74, 6) is -2.74. The average molecular weight is 471 g/mol. The van der Waals surface area contributed by atoms with Crippen molar-refractivity contribution in [2.24, 2.45) is 5.73 Å². The number of amides is 3. The maximum absolute atomic E-state index is 12.5. The van der Waals surface area contributed by atoms with Crippen LogP contribution in [-0.2, 0) is 25.6 Å². The summed E-state index contributed by atoms with van der Waals surface area (Å²) >= 11 is 1.47. The number of nitrogens with one attached hydrogen (secondary N) is 3. The molecule has 0 aliphatic carbocycles. The third-order valence-corrected chi connectivity index (χ3v) is 5.10. The molecule has 4 unspecified atom stereocenters. The van der Waals surface area contributed by atoms with Gasteiger partial charge in [-0.2, -0.15) is 11.8 Å². The Balaban J connectivity index is 2.66. The highest BCUT2D eigenvalue weighted by atomic mass is 32.2. The fourth-order valence-electron chi connectivity index (χ4n) is 2.67. The Labute approximate surface area is 190 Å². The number of phenolic OH excluding ortho intramolecular Hbond substituents is 1. The maximum Gasteiger partial charge on any atom is 0.328 e. The Hall–Kier alpha value is -2.83. The van der Waals surface area contributed by atoms with Crippen LogP contribution in [0, 0.1) is 0 Å². The van der Waals surface area contributed by atoms with Crippen LogP contribution in [0.3, 0.4) is 0 Å². The Morgan fingerprint density at radius 3 is 2.25 bits per heavy atom. The number of benzene rings is 1. The van der Waals surface area contributed by atoms with Gasteiger partial charge in [0.15, 0.2) is 6.04 Å². The van der Waals surface area contributed by atoms with E-state index in [0.717, 1.165) is 5.56 Å². The highest BCUT2D eigenvalue weighted by molar-refractivity contribution is 7.98. The van der Waals surface area contributed by atoms with Gasteiger partial charge in [-0.15, -0.1) is 0 Å². The van der Waals surface area contributed by atoms with Crippen LogP contribution in [0.1, 0.15) is 18.9 Å². The molecule has 12 heteroatoms. The monoisotopic (exact) mass is 470 g/mol. The van der Waals surface area contributed by atoms with Gasteiger partial charge in [-0.25, -0.2) is 4.79 Å². The molecule has 0 aromatic heterocycles. The molecular formula is C20H30N4O7S. The number of aliphatic hydroxyl groups is 1. The molecule has 8 N–H and O–H groups in total. The molecule has 32 heavy (non-hydrogen) atoms. The number of carboxylic acid groups (broad SMARTS) is 1. The lowest BCUT2D eigenvalue weighted by Crippen LogP contribution is -2.54. The van der Waals surface area contributed by atoms with E-state index in [0.29, 0.717) is 5.75 Å². The van der Waals surface area contributed by atoms with Crippen LogP contribution < -0.4 is 21.7 Å². The smallest absolute Gasteiger partial charge is 0.328 e. The fourth-order valence-corrected chi connectivity index (χ4v) is 3.14. The molecule has 0 aliphatic heterocycles. The van der Waals surface area contributed by atoms with E-state index < -0.39 is 54.5 Å². The summed E-state index contributed by atoms with van der Waals surface area (Å²) in [6, 6.07) is 2.84. The van der Waals surface area contributed by atoms with E-state index in [4.69, 9.17) is 10.8 Å². The van der Waals surface area contributed by atoms with Gasteiger partial charge in [-0.1, -0.05) is 12.1 Å². The Bertz CT molecular complexity index is 789. The van der Waals surface area contributed by atoms with E-state index in [1.807, 2.05) is 6.26 Å². The largest absolute Gasteiger partial charge is 0.508 e. The number of aromatic hydroxyl groups is 1. The van der Waals surface area contributed by atoms with Gasteiger partial charge in [0, 0.05) is 0 Å². The van der Waals surface area contributed by atoms with Gasteiger partial charge in [0.25, 0.3) is 0 Å². The van der Waals surface area contributed by atoms with Gasteiger partial charge in [0.2, 0.25) is 17.7 Å². The first-order valence-corrected chi connectivity index (χ1v) is 11.2. The minimum absolute atomic E-state index is 0.0905. The first kappa shape index (κ1) is 27.2. The molecule has 0 radical (unpaired) electrons. The molecule has 1 aromatic rings. The van der Waals surface area contributed by atoms with Crippen molar-refractivity contribution in [1.29, 1.82) is 0 Å². The summed E-state index contributed by atoms with van der Waals surface area (Å²) in [7, 11) is 0. The first-order chi connectivity index (χ1) is 15.0. The molecule has 0 saturated heterocycles. The first-order valence-electron chi connectivity index (χ1n) is 9.85. The predicted molar refractivity (Wildman–Crippen MR) is 119 cm³/mol. The van der Waals surface area contributed by atoms with Crippen LogP contribution in [-0.4, -0.2) is 81.8 Å². The lowest BCUT2D eigenvalue weighted by Gasteiger charge is -2.21. The van der Waals surface area contributed by atoms with Crippen LogP contribution in [0.5, 0.6) is 5.75 Å². The van der Waals surface area contributed by atoms with Gasteiger partial charge >= 0.3 is 5.97 Å². The fraction of sp³-hybridized carbons (Fsp3) is 0.500. The Morgan fingerprint density at radius 2 is 1.72 bits per heavy atom. The zero-order valence-electron chi connectivity index (χ0n) is 17.9. The van der Waals surface area contributed by atoms with Crippen molar-refractivity contribution < 1.29 is 34.5 Å². The molecule has 1 rings (SSSR count). The number of carbonyl (C=O) groups is 4. The lowest BCUT2D eigenvalue weighted by atomic mass is 10.1. The molecule has 4 atom stereocenters. The lowest BCUT2D eigenvalue weighted by molar-refractivity contribution is -0.144. The molecule has 0 aliphatic rings. The van der Waals surface area contributed by atoms with Gasteiger partial charge in [-0.05, 0) is 49.5 Å². The number of thioether (sulfide) groups is 1. The van der Waals surface area contributed by atoms with Crippen molar-refractivity contribution in [2.45, 2.75) is 44.0 Å². The summed E-state index contributed by atoms with van der Waals surface area (Å²) in [6.45, 7) is 0.688. The second kappa shape index (κ2) is 13.6. The molecule has 178 valence electrons. The van der Waals surface area contributed by atoms with Crippen LogP contribution in [0.2, 0.25) is 0 Å². The Kier molecular flexibility index (Phi) is 11.5. The quantitative estimate of drug-likeness (QED) is 0.181. The van der Waals surface area contributed by atoms with Gasteiger partial charge in [-0.3, -0.25) is 14.4 Å². The highest BCUT2D eigenvalue weighted by Gasteiger charge is 2.27. The number of hydrogen-bond acceptors (Lipinski definition) is 8. The number of phenols is 1. The SMILES string of the molecule is CSCCC(NC(=O)C(N)Cc1ccc(O)cc1)C(=O)NCC(=O)NC(C(=O)O)C(C)O. The number of nitrogens with two attached hydrogens (primary N) is 1. The standard InChI is InChI=1S/C20H30N4O7S/c1-11(25)17(20(30)31)24-16(27)10-22-19(29)15(7-8-32-2)23-18(28)14(21)9-12-3-5-13(26)6-4-12/h3-6,11,14-15,17,25-26H,7-10,21H2,1-2H3,(H,22,29)(H,23,28)(H,24,27)(H,30,31). The normalized spacial score (nSPS) is 14.5. The van der Waals surface area contributed by atoms with Crippen molar-refractivity contribution in [2.75, 3.05) is 18.6 Å². The molecular weight excluding hydrogens is 440 g/mol. The second-order valence-electron chi connectivity index (χ2n) is 7.16. The van der Waals surface area contributed by atoms with Crippen molar-refractivity contribution >= 4 is 35.5 Å². The maximum atomic E-state index is 12.5. The van der Waals surface area contributed by atoms with E-state index >= 15 is 0 Å². The summed E-state index contributed by atoms with van der Waals surface area (Å²) < 4.78 is 0. The van der Waals surface area contributed by atoms with E-state index in [9.17, 15) is 29.4 Å². The number of carbonyl (C=O) groups excluding carboxylic acids is 3. The van der Waals surface area contributed by atoms with Crippen LogP contribution in [0.25, 0.3) is 0 Å². The third-order valence-electron chi connectivity index (χ3n) is 4.46. The van der Waals surface area contributed by atoms with Gasteiger partial charge in [0.05, 0.1) is 18.7 Å². The molecule has 0 heterocycles. The molecule has 3 amide bonds. The number of rotatable bonds is 13. The van der Waals surface area contributed by atoms with Crippen molar-refractivity contribution in [1.82, 2.24) is 16.0 Å². The molecule has 0 bridgehead atoms. The van der Waals surface area contributed by atoms with Crippen LogP contribution in [0.15, 0.2) is 24.3 Å². The minimum atomic E-state index is -1.51. The molecule has 11 nitrogen and oxygen atoms in total. The molecule has 0 saturated carbocycles. The topological polar surface area (TPSA) is 191 Å². The zero-order valence-corrected chi connectivity index (χ0v) is 18.7. The summed E-state index contributed by atoms with van der Waals surface area (Å²) in [6.07, 6.45) is 0.998. The number of carboxylic acids is 1. The number of aliphatic hydroxyl groups excluding tert-OH is 1. The summed E-state index contributed by atoms with van der Waals surface area (Å²) in [5, 5.41) is 34.8. The van der Waals surface area contributed by atoms with Crippen molar-refractivity contribution in [3.8, 4) is 5.75 Å². The zero-order chi connectivity index (χ0) is 24.3. The number of aliphatic carboxylic acids is 1. The summed E-state index contributed by atoms with van der Waals surface area (Å²) in [5.41, 5.74) is 6.68. The molecule has 0 fully saturated rings. The molecule has 0 spiro atoms.